The molecule has 0 aliphatic rings. The Morgan fingerprint density at radius 3 is 3.06 bits per heavy atom. The first-order valence-electron chi connectivity index (χ1n) is 5.54. The quantitative estimate of drug-likeness (QED) is 0.857. The third-order valence-corrected chi connectivity index (χ3v) is 3.77. The van der Waals surface area contributed by atoms with E-state index in [2.05, 4.69) is 10.9 Å². The van der Waals surface area contributed by atoms with Gasteiger partial charge in [-0.15, -0.1) is 17.8 Å². The molecule has 0 atom stereocenters. The van der Waals surface area contributed by atoms with Gasteiger partial charge in [0.1, 0.15) is 9.71 Å². The Morgan fingerprint density at radius 2 is 2.44 bits per heavy atom. The highest BCUT2D eigenvalue weighted by molar-refractivity contribution is 7.21. The van der Waals surface area contributed by atoms with Crippen LogP contribution in [0.25, 0.3) is 10.2 Å². The minimum atomic E-state index is -0.129. The molecule has 0 radical (unpaired) electrons. The minimum absolute atomic E-state index is 0.129. The molecule has 4 nitrogen and oxygen atoms in total. The molecule has 2 rings (SSSR count). The van der Waals surface area contributed by atoms with E-state index >= 15 is 0 Å². The van der Waals surface area contributed by atoms with Gasteiger partial charge in [-0.25, -0.2) is 4.98 Å². The van der Waals surface area contributed by atoms with E-state index in [0.29, 0.717) is 17.1 Å². The van der Waals surface area contributed by atoms with Crippen LogP contribution in [0, 0.1) is 12.3 Å². The summed E-state index contributed by atoms with van der Waals surface area (Å²) in [7, 11) is 0. The van der Waals surface area contributed by atoms with Gasteiger partial charge < -0.3 is 10.6 Å². The Labute approximate surface area is 109 Å². The molecule has 2 aromatic heterocycles. The second-order valence-electron chi connectivity index (χ2n) is 3.72. The van der Waals surface area contributed by atoms with Gasteiger partial charge in [0.05, 0.1) is 12.2 Å². The topological polar surface area (TPSA) is 59.2 Å². The normalized spacial score (nSPS) is 10.2. The summed E-state index contributed by atoms with van der Waals surface area (Å²) in [6.45, 7) is 2.73. The molecule has 0 spiro atoms. The van der Waals surface area contributed by atoms with Crippen molar-refractivity contribution in [3.8, 4) is 12.3 Å². The summed E-state index contributed by atoms with van der Waals surface area (Å²) in [5, 5.41) is 0.822. The number of carbonyl (C=O) groups excluding carboxylic acids is 1. The monoisotopic (exact) mass is 259 g/mol. The van der Waals surface area contributed by atoms with Crippen molar-refractivity contribution in [3.05, 3.63) is 23.2 Å². The van der Waals surface area contributed by atoms with E-state index in [0.717, 1.165) is 10.2 Å². The molecule has 2 N–H and O–H groups in total. The lowest BCUT2D eigenvalue weighted by Crippen LogP contribution is -2.30. The number of thiophene rings is 1. The van der Waals surface area contributed by atoms with Gasteiger partial charge in [-0.05, 0) is 19.1 Å². The van der Waals surface area contributed by atoms with Crippen molar-refractivity contribution in [2.24, 2.45) is 0 Å². The first-order valence-corrected chi connectivity index (χ1v) is 6.36. The van der Waals surface area contributed by atoms with Crippen LogP contribution in [-0.4, -0.2) is 28.9 Å². The van der Waals surface area contributed by atoms with Gasteiger partial charge in [-0.3, -0.25) is 4.79 Å². The molecule has 92 valence electrons. The van der Waals surface area contributed by atoms with Crippen LogP contribution in [0.4, 0.5) is 5.69 Å². The summed E-state index contributed by atoms with van der Waals surface area (Å²) in [6.07, 6.45) is 6.94. The predicted molar refractivity (Wildman–Crippen MR) is 74.4 cm³/mol. The number of pyridine rings is 1. The number of nitrogens with zero attached hydrogens (tertiary/aromatic N) is 2. The van der Waals surface area contributed by atoms with Crippen LogP contribution in [0.15, 0.2) is 18.3 Å². The lowest BCUT2D eigenvalue weighted by Gasteiger charge is -2.17. The van der Waals surface area contributed by atoms with Crippen molar-refractivity contribution in [1.82, 2.24) is 9.88 Å². The van der Waals surface area contributed by atoms with Crippen molar-refractivity contribution in [3.63, 3.8) is 0 Å². The number of fused-ring (bicyclic) bond motifs is 1. The standard InChI is InChI=1S/C13H13N3OS/c1-3-8-16(4-2)13(17)11-10(14)9-6-5-7-15-12(9)18-11/h1,5-7H,4,8,14H2,2H3. The van der Waals surface area contributed by atoms with Crippen molar-refractivity contribution in [1.29, 1.82) is 0 Å². The Kier molecular flexibility index (Phi) is 3.49. The van der Waals surface area contributed by atoms with Crippen molar-refractivity contribution >= 4 is 33.1 Å². The highest BCUT2D eigenvalue weighted by Crippen LogP contribution is 2.32. The van der Waals surface area contributed by atoms with Crippen molar-refractivity contribution in [2.45, 2.75) is 6.92 Å². The van der Waals surface area contributed by atoms with Crippen molar-refractivity contribution in [2.75, 3.05) is 18.8 Å². The number of hydrogen-bond donors (Lipinski definition) is 1. The molecule has 18 heavy (non-hydrogen) atoms. The predicted octanol–water partition coefficient (Wildman–Crippen LogP) is 1.97. The number of hydrogen-bond acceptors (Lipinski definition) is 4. The lowest BCUT2D eigenvalue weighted by molar-refractivity contribution is 0.0790. The van der Waals surface area contributed by atoms with E-state index in [1.807, 2.05) is 13.0 Å². The van der Waals surface area contributed by atoms with Gasteiger partial charge in [0.2, 0.25) is 0 Å². The third-order valence-electron chi connectivity index (χ3n) is 2.65. The first-order chi connectivity index (χ1) is 8.69. The summed E-state index contributed by atoms with van der Waals surface area (Å²) >= 11 is 1.31. The van der Waals surface area contributed by atoms with E-state index < -0.39 is 0 Å². The summed E-state index contributed by atoms with van der Waals surface area (Å²) < 4.78 is 0. The molecular weight excluding hydrogens is 246 g/mol. The van der Waals surface area contributed by atoms with Gasteiger partial charge >= 0.3 is 0 Å². The van der Waals surface area contributed by atoms with E-state index in [-0.39, 0.29) is 12.5 Å². The van der Waals surface area contributed by atoms with Gasteiger partial charge in [-0.2, -0.15) is 0 Å². The highest BCUT2D eigenvalue weighted by atomic mass is 32.1. The molecule has 0 aliphatic carbocycles. The molecule has 0 aliphatic heterocycles. The highest BCUT2D eigenvalue weighted by Gasteiger charge is 2.20. The fourth-order valence-electron chi connectivity index (χ4n) is 1.69. The molecule has 0 unspecified atom stereocenters. The summed E-state index contributed by atoms with van der Waals surface area (Å²) in [5.74, 6) is 2.35. The minimum Gasteiger partial charge on any atom is -0.397 e. The number of rotatable bonds is 3. The average Bonchev–Trinajstić information content (AvgIpc) is 2.73. The van der Waals surface area contributed by atoms with E-state index in [1.165, 1.54) is 11.3 Å². The second kappa shape index (κ2) is 5.07. The lowest BCUT2D eigenvalue weighted by atomic mass is 10.2. The zero-order chi connectivity index (χ0) is 13.1. The maximum absolute atomic E-state index is 12.3. The number of carbonyl (C=O) groups is 1. The number of amides is 1. The van der Waals surface area contributed by atoms with Crippen LogP contribution >= 0.6 is 11.3 Å². The number of terminal acetylenes is 1. The van der Waals surface area contributed by atoms with Gasteiger partial charge in [0.25, 0.3) is 5.91 Å². The fourth-order valence-corrected chi connectivity index (χ4v) is 2.72. The molecule has 0 fully saturated rings. The number of nitrogens with two attached hydrogens (primary N) is 1. The van der Waals surface area contributed by atoms with Crippen LogP contribution in [0.2, 0.25) is 0 Å². The maximum Gasteiger partial charge on any atom is 0.266 e. The van der Waals surface area contributed by atoms with Gasteiger partial charge in [0.15, 0.2) is 0 Å². The van der Waals surface area contributed by atoms with Gasteiger partial charge in [0, 0.05) is 18.1 Å². The summed E-state index contributed by atoms with van der Waals surface area (Å²) in [5.41, 5.74) is 6.49. The molecule has 0 bridgehead atoms. The van der Waals surface area contributed by atoms with Gasteiger partial charge in [-0.1, -0.05) is 5.92 Å². The van der Waals surface area contributed by atoms with Crippen LogP contribution in [-0.2, 0) is 0 Å². The Balaban J connectivity index is 2.45. The smallest absolute Gasteiger partial charge is 0.266 e. The number of nitrogen functional groups attached to an aromatic ring is 1. The number of aromatic nitrogens is 1. The molecule has 5 heteroatoms. The maximum atomic E-state index is 12.3. The SMILES string of the molecule is C#CCN(CC)C(=O)c1sc2ncccc2c1N. The largest absolute Gasteiger partial charge is 0.397 e. The summed E-state index contributed by atoms with van der Waals surface area (Å²) in [4.78, 5) is 19.4. The Hall–Kier alpha value is -2.06. The Bertz CT molecular complexity index is 627. The van der Waals surface area contributed by atoms with E-state index in [1.54, 1.807) is 17.2 Å². The zero-order valence-electron chi connectivity index (χ0n) is 10.0. The van der Waals surface area contributed by atoms with E-state index in [4.69, 9.17) is 12.2 Å². The molecule has 2 aromatic rings. The first kappa shape index (κ1) is 12.4. The molecule has 0 saturated heterocycles. The van der Waals surface area contributed by atoms with Crippen LogP contribution in [0.3, 0.4) is 0 Å². The van der Waals surface area contributed by atoms with Crippen LogP contribution in [0.5, 0.6) is 0 Å². The van der Waals surface area contributed by atoms with E-state index in [9.17, 15) is 4.79 Å². The fraction of sp³-hybridized carbons (Fsp3) is 0.231. The zero-order valence-corrected chi connectivity index (χ0v) is 10.8. The van der Waals surface area contributed by atoms with Crippen LogP contribution in [0.1, 0.15) is 16.6 Å². The molecule has 0 aromatic carbocycles. The molecule has 2 heterocycles. The average molecular weight is 259 g/mol. The molecule has 0 saturated carbocycles. The third kappa shape index (κ3) is 2.03. The van der Waals surface area contributed by atoms with Crippen LogP contribution < -0.4 is 5.73 Å². The number of anilines is 1. The molecular formula is C13H13N3OS. The van der Waals surface area contributed by atoms with Crippen molar-refractivity contribution < 1.29 is 4.79 Å². The Morgan fingerprint density at radius 1 is 1.67 bits per heavy atom. The molecule has 1 amide bonds. The summed E-state index contributed by atoms with van der Waals surface area (Å²) in [6, 6.07) is 3.67. The second-order valence-corrected chi connectivity index (χ2v) is 4.72.